The predicted octanol–water partition coefficient (Wildman–Crippen LogP) is 0.302. The average Bonchev–Trinajstić information content (AvgIpc) is 2.21. The van der Waals surface area contributed by atoms with E-state index in [0.29, 0.717) is 32.7 Å². The monoisotopic (exact) mass is 186 g/mol. The second-order valence-corrected chi connectivity index (χ2v) is 3.21. The number of morpholine rings is 1. The lowest BCUT2D eigenvalue weighted by atomic mass is 10.1. The molecule has 1 aliphatic rings. The minimum atomic E-state index is -0.335. The van der Waals surface area contributed by atoms with Crippen molar-refractivity contribution in [1.29, 1.82) is 0 Å². The third-order valence-corrected chi connectivity index (χ3v) is 2.37. The standard InChI is InChI=1S/C9H16NO3/c1-2-8(7-11)9(12)10-3-5-13-6-4-10/h8H,2-7H2,1H3. The van der Waals surface area contributed by atoms with Crippen molar-refractivity contribution in [1.82, 2.24) is 4.90 Å². The number of amides is 1. The minimum Gasteiger partial charge on any atom is -0.378 e. The molecule has 0 aliphatic carbocycles. The molecule has 0 aromatic rings. The van der Waals surface area contributed by atoms with Crippen LogP contribution in [0.3, 0.4) is 0 Å². The molecule has 0 bridgehead atoms. The molecule has 1 rings (SSSR count). The summed E-state index contributed by atoms with van der Waals surface area (Å²) in [5.74, 6) is -0.334. The van der Waals surface area contributed by atoms with Gasteiger partial charge in [-0.05, 0) is 6.42 Å². The number of nitrogens with zero attached hydrogens (tertiary/aromatic N) is 1. The van der Waals surface area contributed by atoms with Gasteiger partial charge in [-0.2, -0.15) is 0 Å². The first-order valence-corrected chi connectivity index (χ1v) is 4.74. The Kier molecular flexibility index (Phi) is 4.18. The SMILES string of the molecule is CCC(C[O])C(=O)N1CCOCC1. The van der Waals surface area contributed by atoms with E-state index in [1.165, 1.54) is 0 Å². The Morgan fingerprint density at radius 1 is 1.46 bits per heavy atom. The normalized spacial score (nSPS) is 20.0. The molecule has 13 heavy (non-hydrogen) atoms. The highest BCUT2D eigenvalue weighted by atomic mass is 16.5. The van der Waals surface area contributed by atoms with Crippen LogP contribution in [0.2, 0.25) is 0 Å². The van der Waals surface area contributed by atoms with E-state index in [1.807, 2.05) is 6.92 Å². The molecule has 1 fully saturated rings. The van der Waals surface area contributed by atoms with Crippen molar-refractivity contribution < 1.29 is 14.6 Å². The van der Waals surface area contributed by atoms with Crippen LogP contribution < -0.4 is 0 Å². The molecule has 1 atom stereocenters. The molecule has 1 unspecified atom stereocenters. The van der Waals surface area contributed by atoms with Gasteiger partial charge in [0, 0.05) is 13.1 Å². The number of carbonyl (C=O) groups is 1. The Balaban J connectivity index is 2.44. The zero-order chi connectivity index (χ0) is 9.68. The largest absolute Gasteiger partial charge is 0.378 e. The van der Waals surface area contributed by atoms with Gasteiger partial charge in [0.15, 0.2) is 0 Å². The van der Waals surface area contributed by atoms with Crippen LogP contribution in [0.25, 0.3) is 0 Å². The maximum atomic E-state index is 11.6. The summed E-state index contributed by atoms with van der Waals surface area (Å²) >= 11 is 0. The summed E-state index contributed by atoms with van der Waals surface area (Å²) in [4.78, 5) is 13.4. The maximum Gasteiger partial charge on any atom is 0.228 e. The van der Waals surface area contributed by atoms with E-state index in [-0.39, 0.29) is 18.4 Å². The van der Waals surface area contributed by atoms with E-state index in [1.54, 1.807) is 4.90 Å². The van der Waals surface area contributed by atoms with Crippen LogP contribution in [0, 0.1) is 5.92 Å². The number of ether oxygens (including phenoxy) is 1. The van der Waals surface area contributed by atoms with E-state index < -0.39 is 0 Å². The van der Waals surface area contributed by atoms with Gasteiger partial charge in [-0.15, -0.1) is 0 Å². The van der Waals surface area contributed by atoms with Gasteiger partial charge in [0.2, 0.25) is 5.91 Å². The van der Waals surface area contributed by atoms with E-state index in [2.05, 4.69) is 0 Å². The van der Waals surface area contributed by atoms with Crippen molar-refractivity contribution in [3.63, 3.8) is 0 Å². The van der Waals surface area contributed by atoms with Gasteiger partial charge < -0.3 is 9.64 Å². The molecule has 1 aliphatic heterocycles. The lowest BCUT2D eigenvalue weighted by Crippen LogP contribution is -2.44. The van der Waals surface area contributed by atoms with Crippen molar-refractivity contribution in [2.75, 3.05) is 32.9 Å². The first kappa shape index (κ1) is 10.5. The van der Waals surface area contributed by atoms with Gasteiger partial charge in [-0.25, -0.2) is 5.11 Å². The van der Waals surface area contributed by atoms with Gasteiger partial charge >= 0.3 is 0 Å². The van der Waals surface area contributed by atoms with Crippen LogP contribution in [0.1, 0.15) is 13.3 Å². The van der Waals surface area contributed by atoms with Crippen LogP contribution in [-0.4, -0.2) is 43.7 Å². The molecular formula is C9H16NO3. The lowest BCUT2D eigenvalue weighted by Gasteiger charge is -2.29. The second-order valence-electron chi connectivity index (χ2n) is 3.21. The Bertz CT molecular complexity index is 162. The summed E-state index contributed by atoms with van der Waals surface area (Å²) in [6, 6.07) is 0. The zero-order valence-electron chi connectivity index (χ0n) is 7.99. The van der Waals surface area contributed by atoms with E-state index >= 15 is 0 Å². The fraction of sp³-hybridized carbons (Fsp3) is 0.889. The summed E-state index contributed by atoms with van der Waals surface area (Å²) in [7, 11) is 0. The molecule has 0 spiro atoms. The third kappa shape index (κ3) is 2.67. The minimum absolute atomic E-state index is 0.000741. The molecule has 0 aromatic carbocycles. The summed E-state index contributed by atoms with van der Waals surface area (Å²) in [6.07, 6.45) is 0.639. The van der Waals surface area contributed by atoms with E-state index in [9.17, 15) is 9.90 Å². The lowest BCUT2D eigenvalue weighted by molar-refractivity contribution is -0.141. The molecule has 1 saturated heterocycles. The molecule has 1 radical (unpaired) electrons. The van der Waals surface area contributed by atoms with Crippen LogP contribution in [0.15, 0.2) is 0 Å². The first-order chi connectivity index (χ1) is 6.29. The molecule has 4 heteroatoms. The second kappa shape index (κ2) is 5.19. The third-order valence-electron chi connectivity index (χ3n) is 2.37. The van der Waals surface area contributed by atoms with Crippen molar-refractivity contribution in [3.05, 3.63) is 0 Å². The molecule has 1 amide bonds. The average molecular weight is 186 g/mol. The molecule has 4 nitrogen and oxygen atoms in total. The highest BCUT2D eigenvalue weighted by Gasteiger charge is 2.23. The quantitative estimate of drug-likeness (QED) is 0.636. The zero-order valence-corrected chi connectivity index (χ0v) is 7.99. The van der Waals surface area contributed by atoms with Gasteiger partial charge in [0.1, 0.15) is 0 Å². The van der Waals surface area contributed by atoms with Crippen LogP contribution >= 0.6 is 0 Å². The highest BCUT2D eigenvalue weighted by molar-refractivity contribution is 5.79. The summed E-state index contributed by atoms with van der Waals surface area (Å²) < 4.78 is 5.12. The summed E-state index contributed by atoms with van der Waals surface area (Å²) in [6.45, 7) is 4.04. The van der Waals surface area contributed by atoms with Gasteiger partial charge in [-0.1, -0.05) is 6.92 Å². The van der Waals surface area contributed by atoms with Crippen LogP contribution in [0.4, 0.5) is 0 Å². The topological polar surface area (TPSA) is 49.4 Å². The summed E-state index contributed by atoms with van der Waals surface area (Å²) in [5, 5.41) is 10.7. The molecule has 0 aromatic heterocycles. The Hall–Kier alpha value is -0.610. The van der Waals surface area contributed by atoms with Gasteiger partial charge in [0.25, 0.3) is 0 Å². The smallest absolute Gasteiger partial charge is 0.228 e. The van der Waals surface area contributed by atoms with Gasteiger partial charge in [-0.3, -0.25) is 4.79 Å². The molecule has 0 N–H and O–H groups in total. The highest BCUT2D eigenvalue weighted by Crippen LogP contribution is 2.08. The molecule has 75 valence electrons. The Morgan fingerprint density at radius 3 is 2.54 bits per heavy atom. The Labute approximate surface area is 78.5 Å². The number of rotatable bonds is 3. The number of carbonyl (C=O) groups excluding carboxylic acids is 1. The van der Waals surface area contributed by atoms with E-state index in [0.717, 1.165) is 0 Å². The Morgan fingerprint density at radius 2 is 2.08 bits per heavy atom. The first-order valence-electron chi connectivity index (χ1n) is 4.74. The van der Waals surface area contributed by atoms with Crippen molar-refractivity contribution in [3.8, 4) is 0 Å². The fourth-order valence-corrected chi connectivity index (χ4v) is 1.41. The maximum absolute atomic E-state index is 11.6. The van der Waals surface area contributed by atoms with Crippen LogP contribution in [-0.2, 0) is 14.6 Å². The van der Waals surface area contributed by atoms with E-state index in [4.69, 9.17) is 4.74 Å². The van der Waals surface area contributed by atoms with Crippen molar-refractivity contribution in [2.45, 2.75) is 13.3 Å². The number of hydrogen-bond donors (Lipinski definition) is 0. The van der Waals surface area contributed by atoms with Gasteiger partial charge in [0.05, 0.1) is 25.7 Å². The predicted molar refractivity (Wildman–Crippen MR) is 46.7 cm³/mol. The van der Waals surface area contributed by atoms with Crippen LogP contribution in [0.5, 0.6) is 0 Å². The summed E-state index contributed by atoms with van der Waals surface area (Å²) in [5.41, 5.74) is 0. The molecule has 0 saturated carbocycles. The fourth-order valence-electron chi connectivity index (χ4n) is 1.41. The van der Waals surface area contributed by atoms with Crippen molar-refractivity contribution >= 4 is 5.91 Å². The molecule has 1 heterocycles. The van der Waals surface area contributed by atoms with Crippen molar-refractivity contribution in [2.24, 2.45) is 5.92 Å². The number of hydrogen-bond acceptors (Lipinski definition) is 2. The molecular weight excluding hydrogens is 170 g/mol.